The summed E-state index contributed by atoms with van der Waals surface area (Å²) in [5.74, 6) is -0.655. The van der Waals surface area contributed by atoms with Crippen molar-refractivity contribution in [1.29, 1.82) is 0 Å². The molecule has 1 atom stereocenters. The lowest BCUT2D eigenvalue weighted by Gasteiger charge is -2.24. The highest BCUT2D eigenvalue weighted by atomic mass is 19.4. The number of nitrogens with zero attached hydrogens (tertiary/aromatic N) is 1. The lowest BCUT2D eigenvalue weighted by Crippen LogP contribution is -2.37. The van der Waals surface area contributed by atoms with Crippen LogP contribution >= 0.6 is 0 Å². The Kier molecular flexibility index (Phi) is 6.88. The second-order valence-electron chi connectivity index (χ2n) is 6.81. The molecule has 0 aliphatic rings. The Balaban J connectivity index is 2.96. The molecule has 0 spiro atoms. The third-order valence-corrected chi connectivity index (χ3v) is 3.08. The summed E-state index contributed by atoms with van der Waals surface area (Å²) >= 11 is 0. The van der Waals surface area contributed by atoms with Crippen LogP contribution < -0.4 is 10.1 Å². The molecule has 26 heavy (non-hydrogen) atoms. The van der Waals surface area contributed by atoms with Crippen LogP contribution in [0.15, 0.2) is 24.3 Å². The van der Waals surface area contributed by atoms with Crippen molar-refractivity contribution in [3.63, 3.8) is 0 Å². The first kappa shape index (κ1) is 21.6. The van der Waals surface area contributed by atoms with Crippen molar-refractivity contribution < 1.29 is 32.2 Å². The van der Waals surface area contributed by atoms with E-state index in [4.69, 9.17) is 4.74 Å². The molecule has 6 nitrogen and oxygen atoms in total. The fraction of sp³-hybridized carbons (Fsp3) is 0.529. The number of halogens is 3. The van der Waals surface area contributed by atoms with Gasteiger partial charge in [-0.25, -0.2) is 4.79 Å². The molecule has 0 bridgehead atoms. The Labute approximate surface area is 150 Å². The lowest BCUT2D eigenvalue weighted by atomic mass is 10.0. The average Bonchev–Trinajstić information content (AvgIpc) is 2.43. The normalized spacial score (nSPS) is 12.9. The van der Waals surface area contributed by atoms with E-state index in [0.29, 0.717) is 5.56 Å². The van der Waals surface area contributed by atoms with Gasteiger partial charge in [-0.2, -0.15) is 0 Å². The van der Waals surface area contributed by atoms with E-state index < -0.39 is 29.8 Å². The van der Waals surface area contributed by atoms with Gasteiger partial charge in [0.25, 0.3) is 0 Å². The second-order valence-corrected chi connectivity index (χ2v) is 6.81. The molecule has 0 radical (unpaired) electrons. The molecule has 0 aliphatic carbocycles. The number of ether oxygens (including phenoxy) is 2. The van der Waals surface area contributed by atoms with E-state index in [-0.39, 0.29) is 12.3 Å². The van der Waals surface area contributed by atoms with Gasteiger partial charge in [0.1, 0.15) is 11.4 Å². The first-order valence-corrected chi connectivity index (χ1v) is 7.82. The van der Waals surface area contributed by atoms with Crippen molar-refractivity contribution in [2.75, 3.05) is 14.1 Å². The summed E-state index contributed by atoms with van der Waals surface area (Å²) in [6.07, 6.45) is -5.60. The maximum Gasteiger partial charge on any atom is 0.573 e. The maximum absolute atomic E-state index is 12.2. The maximum atomic E-state index is 12.2. The van der Waals surface area contributed by atoms with Crippen molar-refractivity contribution in [3.05, 3.63) is 29.8 Å². The molecule has 0 heterocycles. The van der Waals surface area contributed by atoms with E-state index in [1.807, 2.05) is 0 Å². The largest absolute Gasteiger partial charge is 0.573 e. The van der Waals surface area contributed by atoms with Crippen LogP contribution in [0.25, 0.3) is 0 Å². The number of carbonyl (C=O) groups is 2. The van der Waals surface area contributed by atoms with E-state index in [0.717, 1.165) is 12.1 Å². The zero-order chi connectivity index (χ0) is 20.1. The Morgan fingerprint density at radius 2 is 1.65 bits per heavy atom. The Morgan fingerprint density at radius 1 is 1.12 bits per heavy atom. The number of carbonyl (C=O) groups excluding carboxylic acids is 2. The van der Waals surface area contributed by atoms with Crippen LogP contribution in [0.2, 0.25) is 0 Å². The fourth-order valence-electron chi connectivity index (χ4n) is 1.96. The average molecular weight is 376 g/mol. The van der Waals surface area contributed by atoms with Crippen molar-refractivity contribution in [1.82, 2.24) is 10.2 Å². The van der Waals surface area contributed by atoms with Gasteiger partial charge in [-0.3, -0.25) is 4.79 Å². The molecular weight excluding hydrogens is 353 g/mol. The summed E-state index contributed by atoms with van der Waals surface area (Å²) in [5.41, 5.74) is -0.287. The molecule has 1 N–H and O–H groups in total. The van der Waals surface area contributed by atoms with Gasteiger partial charge in [0.15, 0.2) is 0 Å². The molecule has 0 fully saturated rings. The number of benzene rings is 1. The predicted molar refractivity (Wildman–Crippen MR) is 88.5 cm³/mol. The van der Waals surface area contributed by atoms with Crippen LogP contribution in [-0.4, -0.2) is 43.0 Å². The number of alkyl halides is 3. The van der Waals surface area contributed by atoms with Crippen molar-refractivity contribution in [3.8, 4) is 5.75 Å². The van der Waals surface area contributed by atoms with Gasteiger partial charge in [0.2, 0.25) is 5.91 Å². The van der Waals surface area contributed by atoms with E-state index in [2.05, 4.69) is 10.1 Å². The van der Waals surface area contributed by atoms with Gasteiger partial charge >= 0.3 is 12.5 Å². The molecule has 0 saturated carbocycles. The highest BCUT2D eigenvalue weighted by molar-refractivity contribution is 5.77. The summed E-state index contributed by atoms with van der Waals surface area (Å²) in [6, 6.07) is 4.18. The van der Waals surface area contributed by atoms with Gasteiger partial charge in [-0.1, -0.05) is 12.1 Å². The number of rotatable bonds is 5. The molecule has 0 aromatic heterocycles. The number of alkyl carbamates (subject to hydrolysis) is 1. The second kappa shape index (κ2) is 8.29. The highest BCUT2D eigenvalue weighted by Crippen LogP contribution is 2.26. The zero-order valence-electron chi connectivity index (χ0n) is 15.3. The number of hydrogen-bond donors (Lipinski definition) is 1. The first-order chi connectivity index (χ1) is 11.8. The molecule has 1 aromatic rings. The van der Waals surface area contributed by atoms with Gasteiger partial charge in [-0.15, -0.1) is 13.2 Å². The molecule has 1 rings (SSSR count). The molecule has 0 aliphatic heterocycles. The van der Waals surface area contributed by atoms with Crippen LogP contribution in [0, 0.1) is 0 Å². The predicted octanol–water partition coefficient (Wildman–Crippen LogP) is 3.63. The van der Waals surface area contributed by atoms with Crippen LogP contribution in [0.3, 0.4) is 0 Å². The standard InChI is InChI=1S/C17H23F3N2O4/c1-16(2,3)26-15(24)21-13(10-14(23)22(4)5)11-6-8-12(9-7-11)25-17(18,19)20/h6-9,13H,10H2,1-5H3,(H,21,24). The molecule has 2 amide bonds. The van der Waals surface area contributed by atoms with Crippen LogP contribution in [0.5, 0.6) is 5.75 Å². The third kappa shape index (κ3) is 8.09. The molecule has 1 unspecified atom stereocenters. The summed E-state index contributed by atoms with van der Waals surface area (Å²) in [4.78, 5) is 25.4. The summed E-state index contributed by atoms with van der Waals surface area (Å²) in [6.45, 7) is 5.07. The molecule has 1 aromatic carbocycles. The summed E-state index contributed by atoms with van der Waals surface area (Å²) in [7, 11) is 3.13. The highest BCUT2D eigenvalue weighted by Gasteiger charge is 2.31. The van der Waals surface area contributed by atoms with Gasteiger partial charge in [-0.05, 0) is 38.5 Å². The smallest absolute Gasteiger partial charge is 0.444 e. The Hall–Kier alpha value is -2.45. The Morgan fingerprint density at radius 3 is 2.08 bits per heavy atom. The lowest BCUT2D eigenvalue weighted by molar-refractivity contribution is -0.274. The van der Waals surface area contributed by atoms with Crippen molar-refractivity contribution >= 4 is 12.0 Å². The minimum Gasteiger partial charge on any atom is -0.444 e. The number of amides is 2. The summed E-state index contributed by atoms with van der Waals surface area (Å²) in [5, 5.41) is 2.57. The van der Waals surface area contributed by atoms with E-state index in [1.165, 1.54) is 17.0 Å². The Bertz CT molecular complexity index is 622. The van der Waals surface area contributed by atoms with E-state index >= 15 is 0 Å². The van der Waals surface area contributed by atoms with Gasteiger partial charge < -0.3 is 19.7 Å². The molecule has 9 heteroatoms. The number of hydrogen-bond acceptors (Lipinski definition) is 4. The summed E-state index contributed by atoms with van der Waals surface area (Å²) < 4.78 is 45.7. The molecular formula is C17H23F3N2O4. The van der Waals surface area contributed by atoms with Crippen LogP contribution in [0.1, 0.15) is 38.8 Å². The minimum atomic E-state index is -4.80. The SMILES string of the molecule is CN(C)C(=O)CC(NC(=O)OC(C)(C)C)c1ccc(OC(F)(F)F)cc1. The topological polar surface area (TPSA) is 67.9 Å². The fourth-order valence-corrected chi connectivity index (χ4v) is 1.96. The van der Waals surface area contributed by atoms with Crippen LogP contribution in [0.4, 0.5) is 18.0 Å². The van der Waals surface area contributed by atoms with Gasteiger partial charge in [0, 0.05) is 14.1 Å². The van der Waals surface area contributed by atoms with E-state index in [1.54, 1.807) is 34.9 Å². The quantitative estimate of drug-likeness (QED) is 0.852. The molecule has 146 valence electrons. The monoisotopic (exact) mass is 376 g/mol. The zero-order valence-corrected chi connectivity index (χ0v) is 15.3. The van der Waals surface area contributed by atoms with Crippen molar-refractivity contribution in [2.24, 2.45) is 0 Å². The first-order valence-electron chi connectivity index (χ1n) is 7.82. The van der Waals surface area contributed by atoms with Crippen molar-refractivity contribution in [2.45, 2.75) is 45.2 Å². The van der Waals surface area contributed by atoms with Crippen LogP contribution in [-0.2, 0) is 9.53 Å². The number of nitrogens with one attached hydrogen (secondary N) is 1. The van der Waals surface area contributed by atoms with E-state index in [9.17, 15) is 22.8 Å². The molecule has 0 saturated heterocycles. The third-order valence-electron chi connectivity index (χ3n) is 3.08. The van der Waals surface area contributed by atoms with Gasteiger partial charge in [0.05, 0.1) is 12.5 Å². The minimum absolute atomic E-state index is 0.0777.